The minimum Gasteiger partial charge on any atom is -0.508 e. The summed E-state index contributed by atoms with van der Waals surface area (Å²) in [6, 6.07) is 36.3. The van der Waals surface area contributed by atoms with Crippen LogP contribution in [0.5, 0.6) is 5.75 Å². The summed E-state index contributed by atoms with van der Waals surface area (Å²) in [5, 5.41) is 21.1. The molecule has 0 radical (unpaired) electrons. The molecule has 69 heavy (non-hydrogen) atoms. The molecule has 0 saturated carbocycles. The zero-order valence-electron chi connectivity index (χ0n) is 37.4. The molecular formula is C52H47N4O11S2+. The van der Waals surface area contributed by atoms with Crippen molar-refractivity contribution in [2.24, 2.45) is 0 Å². The van der Waals surface area contributed by atoms with E-state index in [9.17, 15) is 46.2 Å². The van der Waals surface area contributed by atoms with Crippen LogP contribution in [0, 0.1) is 6.92 Å². The number of benzene rings is 6. The molecule has 0 unspecified atom stereocenters. The van der Waals surface area contributed by atoms with Crippen molar-refractivity contribution in [3.63, 3.8) is 0 Å². The van der Waals surface area contributed by atoms with Crippen molar-refractivity contribution in [2.45, 2.75) is 37.6 Å². The third-order valence-corrected chi connectivity index (χ3v) is 16.3. The van der Waals surface area contributed by atoms with E-state index < -0.39 is 31.9 Å². The van der Waals surface area contributed by atoms with Crippen LogP contribution in [-0.4, -0.2) is 96.8 Å². The van der Waals surface area contributed by atoms with Gasteiger partial charge in [-0.05, 0) is 73.5 Å². The van der Waals surface area contributed by atoms with Gasteiger partial charge >= 0.3 is 5.97 Å². The first-order chi connectivity index (χ1) is 33.1. The van der Waals surface area contributed by atoms with Gasteiger partial charge in [0.1, 0.15) is 17.1 Å². The lowest BCUT2D eigenvalue weighted by molar-refractivity contribution is -0.645. The van der Waals surface area contributed by atoms with Gasteiger partial charge in [-0.2, -0.15) is 8.87 Å². The third kappa shape index (κ3) is 9.15. The number of carboxylic acids is 1. The lowest BCUT2D eigenvalue weighted by Gasteiger charge is -2.34. The van der Waals surface area contributed by atoms with Gasteiger partial charge in [-0.3, -0.25) is 19.2 Å². The van der Waals surface area contributed by atoms with Gasteiger partial charge in [0.2, 0.25) is 21.1 Å². The van der Waals surface area contributed by atoms with Gasteiger partial charge in [-0.25, -0.2) is 21.1 Å². The second-order valence-electron chi connectivity index (χ2n) is 17.0. The summed E-state index contributed by atoms with van der Waals surface area (Å²) in [5.74, 6) is -2.18. The molecular weight excluding hydrogens is 921 g/mol. The number of hydrogen-bond acceptors (Lipinski definition) is 10. The molecule has 3 heterocycles. The van der Waals surface area contributed by atoms with E-state index in [0.717, 1.165) is 9.87 Å². The SMILES string of the molecule is Cc1ccc(S(=O)(=O)N(CCCC(=O)O)C(=O)c2c3ccccc3[n+](CCCS(=O)(=O)N3CCN(C(=O)c4ccccc4-c4c5ccc(=O)cc-5oc5cc(O)ccc45)CC3)c3ccccc23)cc1. The number of sulfonamides is 2. The van der Waals surface area contributed by atoms with Crippen LogP contribution in [0.15, 0.2) is 148 Å². The van der Waals surface area contributed by atoms with Crippen molar-refractivity contribution < 1.29 is 50.4 Å². The highest BCUT2D eigenvalue weighted by molar-refractivity contribution is 7.89. The van der Waals surface area contributed by atoms with Gasteiger partial charge < -0.3 is 19.5 Å². The van der Waals surface area contributed by atoms with Gasteiger partial charge in [0.25, 0.3) is 21.8 Å². The number of rotatable bonds is 14. The number of pyridine rings is 1. The van der Waals surface area contributed by atoms with Gasteiger partial charge in [0, 0.05) is 91.9 Å². The van der Waals surface area contributed by atoms with Crippen molar-refractivity contribution in [3.05, 3.63) is 160 Å². The molecule has 352 valence electrons. The van der Waals surface area contributed by atoms with Crippen LogP contribution < -0.4 is 10.00 Å². The van der Waals surface area contributed by atoms with Crippen molar-refractivity contribution >= 4 is 70.6 Å². The van der Waals surface area contributed by atoms with Gasteiger partial charge in [-0.15, -0.1) is 0 Å². The molecule has 6 aromatic rings. The minimum atomic E-state index is -4.43. The zero-order valence-corrected chi connectivity index (χ0v) is 39.1. The summed E-state index contributed by atoms with van der Waals surface area (Å²) in [7, 11) is -8.25. The molecule has 9 rings (SSSR count). The highest BCUT2D eigenvalue weighted by atomic mass is 32.2. The maximum atomic E-state index is 14.8. The van der Waals surface area contributed by atoms with E-state index >= 15 is 0 Å². The van der Waals surface area contributed by atoms with Crippen molar-refractivity contribution in [1.29, 1.82) is 0 Å². The number of piperazine rings is 1. The third-order valence-electron chi connectivity index (χ3n) is 12.5. The summed E-state index contributed by atoms with van der Waals surface area (Å²) in [6.07, 6.45) is -0.278. The van der Waals surface area contributed by atoms with E-state index in [-0.39, 0.29) is 91.8 Å². The number of carbonyl (C=O) groups excluding carboxylic acids is 2. The average Bonchev–Trinajstić information content (AvgIpc) is 3.34. The largest absolute Gasteiger partial charge is 0.508 e. The molecule has 1 saturated heterocycles. The second kappa shape index (κ2) is 18.9. The zero-order chi connectivity index (χ0) is 48.6. The van der Waals surface area contributed by atoms with Crippen molar-refractivity contribution in [3.8, 4) is 28.2 Å². The number of amides is 2. The highest BCUT2D eigenvalue weighted by Crippen LogP contribution is 2.42. The molecule has 17 heteroatoms. The predicted molar refractivity (Wildman–Crippen MR) is 260 cm³/mol. The van der Waals surface area contributed by atoms with Crippen LogP contribution in [0.25, 0.3) is 55.2 Å². The second-order valence-corrected chi connectivity index (χ2v) is 20.9. The van der Waals surface area contributed by atoms with E-state index in [4.69, 9.17) is 4.42 Å². The quantitative estimate of drug-likeness (QED) is 0.0835. The first-order valence-corrected chi connectivity index (χ1v) is 25.4. The Balaban J connectivity index is 0.943. The van der Waals surface area contributed by atoms with E-state index in [1.807, 2.05) is 17.6 Å². The fourth-order valence-corrected chi connectivity index (χ4v) is 12.1. The topological polar surface area (TPSA) is 204 Å². The number of nitrogens with zero attached hydrogens (tertiary/aromatic N) is 4. The van der Waals surface area contributed by atoms with Crippen molar-refractivity contribution in [1.82, 2.24) is 13.5 Å². The highest BCUT2D eigenvalue weighted by Gasteiger charge is 2.35. The Hall–Kier alpha value is -7.47. The number of para-hydroxylation sites is 2. The standard InChI is InChI=1S/C52H46N4O11S2/c1-34-17-21-37(22-18-34)69(65,66)56(26-8-16-48(59)60)52(62)50-40-12-4-6-14-44(40)55(45-15-7-5-13-41(45)50)25-9-31-68(63,64)54-29-27-53(28-30-54)51(61)39-11-3-2-10-38(39)49-42-23-19-35(57)32-46(42)67-47-33-36(58)20-24-43(47)49/h2-7,10-15,17-24,32-33H,8-9,16,25-31H2,1H3,(H-,57,58,59,60)/p+1. The monoisotopic (exact) mass is 967 g/mol. The summed E-state index contributed by atoms with van der Waals surface area (Å²) in [5.41, 5.74) is 4.37. The number of phenolic OH excluding ortho intramolecular Hbond substituents is 1. The molecule has 0 bridgehead atoms. The Kier molecular flexibility index (Phi) is 12.8. The molecule has 0 spiro atoms. The number of hydrogen-bond donors (Lipinski definition) is 2. The van der Waals surface area contributed by atoms with Crippen molar-refractivity contribution in [2.75, 3.05) is 38.5 Å². The summed E-state index contributed by atoms with van der Waals surface area (Å²) < 4.78 is 66.4. The summed E-state index contributed by atoms with van der Waals surface area (Å²) >= 11 is 0. The molecule has 1 aliphatic carbocycles. The van der Waals surface area contributed by atoms with E-state index in [1.165, 1.54) is 40.7 Å². The Labute approximate surface area is 397 Å². The molecule has 1 fully saturated rings. The number of carboxylic acid groups (broad SMARTS) is 1. The molecule has 3 aliphatic rings. The van der Waals surface area contributed by atoms with Gasteiger partial charge in [0.15, 0.2) is 12.0 Å². The van der Waals surface area contributed by atoms with Crippen LogP contribution in [-0.2, 0) is 31.4 Å². The summed E-state index contributed by atoms with van der Waals surface area (Å²) in [4.78, 5) is 54.4. The molecule has 2 aliphatic heterocycles. The Bertz CT molecular complexity index is 3530. The Morgan fingerprint density at radius 3 is 2.06 bits per heavy atom. The number of aliphatic carboxylic acids is 1. The number of aromatic hydroxyl groups is 1. The normalized spacial score (nSPS) is 13.6. The fourth-order valence-electron chi connectivity index (χ4n) is 9.16. The molecule has 2 amide bonds. The summed E-state index contributed by atoms with van der Waals surface area (Å²) in [6.45, 7) is 2.07. The van der Waals surface area contributed by atoms with Crippen LogP contribution in [0.3, 0.4) is 0 Å². The molecule has 0 atom stereocenters. The van der Waals surface area contributed by atoms with Crippen LogP contribution >= 0.6 is 0 Å². The maximum Gasteiger partial charge on any atom is 0.303 e. The number of fused-ring (bicyclic) bond motifs is 4. The van der Waals surface area contributed by atoms with Crippen LogP contribution in [0.1, 0.15) is 45.5 Å². The van der Waals surface area contributed by atoms with E-state index in [1.54, 1.807) is 95.9 Å². The van der Waals surface area contributed by atoms with Gasteiger partial charge in [-0.1, -0.05) is 60.2 Å². The minimum absolute atomic E-state index is 0.0263. The Morgan fingerprint density at radius 1 is 0.725 bits per heavy atom. The molecule has 15 nitrogen and oxygen atoms in total. The average molecular weight is 968 g/mol. The number of aromatic nitrogens is 1. The molecule has 1 aromatic heterocycles. The number of phenols is 1. The number of carbonyl (C=O) groups is 3. The predicted octanol–water partition coefficient (Wildman–Crippen LogP) is 7.05. The fraction of sp³-hybridized carbons (Fsp3) is 0.212. The smallest absolute Gasteiger partial charge is 0.303 e. The van der Waals surface area contributed by atoms with Crippen LogP contribution in [0.4, 0.5) is 0 Å². The van der Waals surface area contributed by atoms with E-state index in [2.05, 4.69) is 0 Å². The number of aryl methyl sites for hydroxylation is 2. The first kappa shape index (κ1) is 46.6. The Morgan fingerprint density at radius 2 is 1.38 bits per heavy atom. The lowest BCUT2D eigenvalue weighted by Crippen LogP contribution is -2.51. The molecule has 5 aromatic carbocycles. The lowest BCUT2D eigenvalue weighted by atomic mass is 9.90. The van der Waals surface area contributed by atoms with Gasteiger partial charge in [0.05, 0.1) is 27.0 Å². The molecule has 2 N–H and O–H groups in total. The van der Waals surface area contributed by atoms with E-state index in [0.29, 0.717) is 60.8 Å². The maximum absolute atomic E-state index is 14.8. The van der Waals surface area contributed by atoms with Crippen LogP contribution in [0.2, 0.25) is 0 Å². The first-order valence-electron chi connectivity index (χ1n) is 22.4.